The second kappa shape index (κ2) is 8.21. The maximum Gasteiger partial charge on any atom is 0.329 e. The highest BCUT2D eigenvalue weighted by Gasteiger charge is 2.15. The minimum atomic E-state index is -1.03. The van der Waals surface area contributed by atoms with Crippen LogP contribution in [0, 0.1) is 5.82 Å². The molecule has 2 rings (SSSR count). The quantitative estimate of drug-likeness (QED) is 0.476. The van der Waals surface area contributed by atoms with Crippen LogP contribution in [0.15, 0.2) is 52.0 Å². The summed E-state index contributed by atoms with van der Waals surface area (Å²) in [6, 6.07) is 11.1. The Morgan fingerprint density at radius 2 is 1.96 bits per heavy atom. The molecule has 0 aromatic heterocycles. The second-order valence-corrected chi connectivity index (χ2v) is 5.44. The van der Waals surface area contributed by atoms with E-state index >= 15 is 0 Å². The zero-order chi connectivity index (χ0) is 17.5. The molecule has 0 atom stereocenters. The lowest BCUT2D eigenvalue weighted by atomic mass is 10.2. The highest BCUT2D eigenvalue weighted by molar-refractivity contribution is 9.10. The highest BCUT2D eigenvalue weighted by atomic mass is 79.9. The summed E-state index contributed by atoms with van der Waals surface area (Å²) >= 11 is 3.10. The van der Waals surface area contributed by atoms with Gasteiger partial charge in [0.05, 0.1) is 19.0 Å². The first-order chi connectivity index (χ1) is 11.5. The first kappa shape index (κ1) is 17.6. The van der Waals surface area contributed by atoms with E-state index in [9.17, 15) is 14.0 Å². The summed E-state index contributed by atoms with van der Waals surface area (Å²) in [6.07, 6.45) is 1.34. The molecule has 0 aliphatic heterocycles. The Balaban J connectivity index is 1.96. The molecule has 0 saturated heterocycles. The molecule has 2 N–H and O–H groups in total. The monoisotopic (exact) mass is 393 g/mol. The van der Waals surface area contributed by atoms with Crippen molar-refractivity contribution in [3.05, 3.63) is 58.3 Å². The zero-order valence-corrected chi connectivity index (χ0v) is 14.1. The van der Waals surface area contributed by atoms with Crippen LogP contribution in [0.5, 0.6) is 5.75 Å². The highest BCUT2D eigenvalue weighted by Crippen LogP contribution is 2.19. The molecule has 2 aromatic rings. The van der Waals surface area contributed by atoms with E-state index in [2.05, 4.69) is 31.8 Å². The minimum absolute atomic E-state index is 0.105. The number of nitrogens with one attached hydrogen (secondary N) is 2. The SMILES string of the molecule is COc1ccccc1/C=N/NC(=O)C(=O)Nc1ccc(Br)cc1F. The van der Waals surface area contributed by atoms with Crippen LogP contribution in [0.3, 0.4) is 0 Å². The first-order valence-electron chi connectivity index (χ1n) is 6.73. The van der Waals surface area contributed by atoms with Crippen LogP contribution in [0.25, 0.3) is 0 Å². The van der Waals surface area contributed by atoms with Crippen LogP contribution < -0.4 is 15.5 Å². The maximum absolute atomic E-state index is 13.6. The van der Waals surface area contributed by atoms with E-state index in [4.69, 9.17) is 4.74 Å². The molecule has 0 aliphatic rings. The predicted molar refractivity (Wildman–Crippen MR) is 91.5 cm³/mol. The van der Waals surface area contributed by atoms with Crippen molar-refractivity contribution in [1.82, 2.24) is 5.43 Å². The standard InChI is InChI=1S/C16H13BrFN3O3/c1-24-14-5-3-2-4-10(14)9-19-21-16(23)15(22)20-13-7-6-11(17)8-12(13)18/h2-9H,1H3,(H,20,22)(H,21,23)/b19-9+. The number of methoxy groups -OCH3 is 1. The second-order valence-electron chi connectivity index (χ2n) is 4.52. The van der Waals surface area contributed by atoms with Gasteiger partial charge in [-0.1, -0.05) is 28.1 Å². The summed E-state index contributed by atoms with van der Waals surface area (Å²) in [5.41, 5.74) is 2.58. The van der Waals surface area contributed by atoms with Crippen LogP contribution in [0.2, 0.25) is 0 Å². The third-order valence-electron chi connectivity index (χ3n) is 2.89. The van der Waals surface area contributed by atoms with Gasteiger partial charge in [0.15, 0.2) is 0 Å². The number of ether oxygens (including phenoxy) is 1. The number of carbonyl (C=O) groups excluding carboxylic acids is 2. The molecule has 2 aromatic carbocycles. The first-order valence-corrected chi connectivity index (χ1v) is 7.53. The lowest BCUT2D eigenvalue weighted by Crippen LogP contribution is -2.32. The van der Waals surface area contributed by atoms with Crippen LogP contribution in [-0.2, 0) is 9.59 Å². The Labute approximate surface area is 145 Å². The number of para-hydroxylation sites is 1. The topological polar surface area (TPSA) is 79.8 Å². The van der Waals surface area contributed by atoms with Crippen molar-refractivity contribution in [3.63, 3.8) is 0 Å². The normalized spacial score (nSPS) is 10.5. The number of carbonyl (C=O) groups is 2. The van der Waals surface area contributed by atoms with Gasteiger partial charge in [0.1, 0.15) is 11.6 Å². The Kier molecular flexibility index (Phi) is 6.02. The fraction of sp³-hybridized carbons (Fsp3) is 0.0625. The van der Waals surface area contributed by atoms with Crippen molar-refractivity contribution in [2.24, 2.45) is 5.10 Å². The van der Waals surface area contributed by atoms with E-state index in [0.717, 1.165) is 0 Å². The lowest BCUT2D eigenvalue weighted by Gasteiger charge is -2.06. The maximum atomic E-state index is 13.6. The van der Waals surface area contributed by atoms with Crippen LogP contribution in [0.4, 0.5) is 10.1 Å². The molecule has 0 spiro atoms. The van der Waals surface area contributed by atoms with Gasteiger partial charge in [0.2, 0.25) is 0 Å². The number of benzene rings is 2. The van der Waals surface area contributed by atoms with Gasteiger partial charge >= 0.3 is 11.8 Å². The van der Waals surface area contributed by atoms with Gasteiger partial charge in [-0.2, -0.15) is 5.10 Å². The Hall–Kier alpha value is -2.74. The van der Waals surface area contributed by atoms with Gasteiger partial charge in [-0.3, -0.25) is 9.59 Å². The summed E-state index contributed by atoms with van der Waals surface area (Å²) in [5, 5.41) is 5.85. The molecule has 0 unspecified atom stereocenters. The average molecular weight is 394 g/mol. The van der Waals surface area contributed by atoms with Gasteiger partial charge < -0.3 is 10.1 Å². The number of hydrogen-bond acceptors (Lipinski definition) is 4. The van der Waals surface area contributed by atoms with Crippen molar-refractivity contribution in [1.29, 1.82) is 0 Å². The number of anilines is 1. The third-order valence-corrected chi connectivity index (χ3v) is 3.39. The van der Waals surface area contributed by atoms with Gasteiger partial charge in [0.25, 0.3) is 0 Å². The molecule has 0 heterocycles. The van der Waals surface area contributed by atoms with Crippen LogP contribution in [-0.4, -0.2) is 25.1 Å². The summed E-state index contributed by atoms with van der Waals surface area (Å²) in [7, 11) is 1.51. The van der Waals surface area contributed by atoms with E-state index in [1.54, 1.807) is 24.3 Å². The molecule has 0 fully saturated rings. The third kappa shape index (κ3) is 4.63. The Bertz CT molecular complexity index is 796. The smallest absolute Gasteiger partial charge is 0.329 e. The summed E-state index contributed by atoms with van der Waals surface area (Å²) in [5.74, 6) is -2.16. The molecule has 0 bridgehead atoms. The molecule has 6 nitrogen and oxygen atoms in total. The van der Waals surface area contributed by atoms with Gasteiger partial charge in [-0.15, -0.1) is 0 Å². The summed E-state index contributed by atoms with van der Waals surface area (Å²) in [6.45, 7) is 0. The van der Waals surface area contributed by atoms with Crippen LogP contribution in [0.1, 0.15) is 5.56 Å². The Morgan fingerprint density at radius 1 is 1.21 bits per heavy atom. The van der Waals surface area contributed by atoms with Gasteiger partial charge in [-0.05, 0) is 30.3 Å². The number of hydrogen-bond donors (Lipinski definition) is 2. The molecular weight excluding hydrogens is 381 g/mol. The van der Waals surface area contributed by atoms with Gasteiger partial charge in [0, 0.05) is 10.0 Å². The molecule has 24 heavy (non-hydrogen) atoms. The summed E-state index contributed by atoms with van der Waals surface area (Å²) < 4.78 is 19.3. The summed E-state index contributed by atoms with van der Waals surface area (Å²) in [4.78, 5) is 23.4. The minimum Gasteiger partial charge on any atom is -0.496 e. The fourth-order valence-electron chi connectivity index (χ4n) is 1.75. The number of hydrazone groups is 1. The van der Waals surface area contributed by atoms with E-state index in [0.29, 0.717) is 15.8 Å². The number of amides is 2. The number of rotatable bonds is 4. The molecule has 2 amide bonds. The molecule has 0 radical (unpaired) electrons. The van der Waals surface area contributed by atoms with Crippen molar-refractivity contribution in [2.75, 3.05) is 12.4 Å². The van der Waals surface area contributed by atoms with Gasteiger partial charge in [-0.25, -0.2) is 9.82 Å². The van der Waals surface area contributed by atoms with E-state index in [1.165, 1.54) is 31.5 Å². The molecule has 124 valence electrons. The molecule has 0 saturated carbocycles. The predicted octanol–water partition coefficient (Wildman–Crippen LogP) is 2.69. The fourth-order valence-corrected chi connectivity index (χ4v) is 2.09. The van der Waals surface area contributed by atoms with Crippen LogP contribution >= 0.6 is 15.9 Å². The van der Waals surface area contributed by atoms with E-state index in [-0.39, 0.29) is 5.69 Å². The molecule has 8 heteroatoms. The zero-order valence-electron chi connectivity index (χ0n) is 12.5. The molecular formula is C16H13BrFN3O3. The number of halogens is 2. The number of nitrogens with zero attached hydrogens (tertiary/aromatic N) is 1. The molecule has 0 aliphatic carbocycles. The van der Waals surface area contributed by atoms with Crippen molar-refractivity contribution in [3.8, 4) is 5.75 Å². The average Bonchev–Trinajstić information content (AvgIpc) is 2.57. The lowest BCUT2D eigenvalue weighted by molar-refractivity contribution is -0.136. The van der Waals surface area contributed by atoms with E-state index in [1.807, 2.05) is 0 Å². The van der Waals surface area contributed by atoms with Crippen molar-refractivity contribution in [2.45, 2.75) is 0 Å². The van der Waals surface area contributed by atoms with Crippen molar-refractivity contribution < 1.29 is 18.7 Å². The van der Waals surface area contributed by atoms with E-state index < -0.39 is 17.6 Å². The largest absolute Gasteiger partial charge is 0.496 e. The van der Waals surface area contributed by atoms with Crippen molar-refractivity contribution >= 4 is 39.6 Å². The Morgan fingerprint density at radius 3 is 2.67 bits per heavy atom.